The molecule has 2 rings (SSSR count). The maximum atomic E-state index is 6.05. The summed E-state index contributed by atoms with van der Waals surface area (Å²) in [5.74, 6) is 0. The first-order valence-corrected chi connectivity index (χ1v) is 5.64. The van der Waals surface area contributed by atoms with Crippen molar-refractivity contribution < 1.29 is 4.74 Å². The summed E-state index contributed by atoms with van der Waals surface area (Å²) in [6, 6.07) is 10.7. The van der Waals surface area contributed by atoms with E-state index >= 15 is 0 Å². The lowest BCUT2D eigenvalue weighted by Crippen LogP contribution is -2.35. The third-order valence-electron chi connectivity index (χ3n) is 3.21. The van der Waals surface area contributed by atoms with Crippen molar-refractivity contribution in [1.82, 2.24) is 0 Å². The molecule has 82 valence electrons. The minimum atomic E-state index is -0.0172. The lowest BCUT2D eigenvalue weighted by atomic mass is 9.97. The lowest BCUT2D eigenvalue weighted by molar-refractivity contribution is 0.272. The highest BCUT2D eigenvalue weighted by Crippen LogP contribution is 2.31. The Morgan fingerprint density at radius 2 is 2.07 bits per heavy atom. The first-order chi connectivity index (χ1) is 7.21. The maximum Gasteiger partial charge on any atom is 0.104 e. The molecular weight excluding hydrogens is 186 g/mol. The van der Waals surface area contributed by atoms with Gasteiger partial charge in [0, 0.05) is 6.04 Å². The quantitative estimate of drug-likeness (QED) is 0.748. The SMILES string of the molecule is CC1([C@@H](N)CCCc2ccccc2)CO1. The topological polar surface area (TPSA) is 38.5 Å². The van der Waals surface area contributed by atoms with Crippen LogP contribution in [0.2, 0.25) is 0 Å². The average Bonchev–Trinajstić information content (AvgIpc) is 2.99. The number of nitrogens with two attached hydrogens (primary N) is 1. The number of rotatable bonds is 5. The van der Waals surface area contributed by atoms with Crippen molar-refractivity contribution in [2.24, 2.45) is 5.73 Å². The zero-order valence-electron chi connectivity index (χ0n) is 9.28. The highest BCUT2D eigenvalue weighted by Gasteiger charge is 2.44. The predicted octanol–water partition coefficient (Wildman–Crippen LogP) is 2.13. The van der Waals surface area contributed by atoms with E-state index < -0.39 is 0 Å². The molecule has 1 fully saturated rings. The zero-order chi connectivity index (χ0) is 10.7. The maximum absolute atomic E-state index is 6.05. The molecule has 2 nitrogen and oxygen atoms in total. The van der Waals surface area contributed by atoms with Crippen LogP contribution in [0.1, 0.15) is 25.3 Å². The van der Waals surface area contributed by atoms with Crippen molar-refractivity contribution in [2.75, 3.05) is 6.61 Å². The first-order valence-electron chi connectivity index (χ1n) is 5.64. The van der Waals surface area contributed by atoms with E-state index in [0.717, 1.165) is 25.9 Å². The van der Waals surface area contributed by atoms with Crippen LogP contribution >= 0.6 is 0 Å². The smallest absolute Gasteiger partial charge is 0.104 e. The van der Waals surface area contributed by atoms with Gasteiger partial charge in [-0.05, 0) is 31.7 Å². The molecule has 0 aromatic heterocycles. The van der Waals surface area contributed by atoms with E-state index in [2.05, 4.69) is 31.2 Å². The average molecular weight is 205 g/mol. The molecule has 0 bridgehead atoms. The van der Waals surface area contributed by atoms with Crippen molar-refractivity contribution in [3.63, 3.8) is 0 Å². The summed E-state index contributed by atoms with van der Waals surface area (Å²) < 4.78 is 5.34. The molecule has 15 heavy (non-hydrogen) atoms. The summed E-state index contributed by atoms with van der Waals surface area (Å²) >= 11 is 0. The third-order valence-corrected chi connectivity index (χ3v) is 3.21. The fourth-order valence-corrected chi connectivity index (χ4v) is 1.80. The van der Waals surface area contributed by atoms with E-state index in [1.54, 1.807) is 0 Å². The summed E-state index contributed by atoms with van der Waals surface area (Å²) in [5, 5.41) is 0. The molecule has 0 spiro atoms. The van der Waals surface area contributed by atoms with E-state index in [-0.39, 0.29) is 11.6 Å². The minimum absolute atomic E-state index is 0.0172. The molecule has 1 aromatic carbocycles. The molecule has 0 radical (unpaired) electrons. The van der Waals surface area contributed by atoms with Crippen LogP contribution in [0.3, 0.4) is 0 Å². The summed E-state index contributed by atoms with van der Waals surface area (Å²) in [5.41, 5.74) is 7.43. The van der Waals surface area contributed by atoms with Gasteiger partial charge in [0.05, 0.1) is 6.61 Å². The van der Waals surface area contributed by atoms with Crippen molar-refractivity contribution in [1.29, 1.82) is 0 Å². The molecule has 2 heteroatoms. The predicted molar refractivity (Wildman–Crippen MR) is 61.7 cm³/mol. The Morgan fingerprint density at radius 3 is 2.67 bits per heavy atom. The number of aryl methyl sites for hydroxylation is 1. The summed E-state index contributed by atoms with van der Waals surface area (Å²) in [6.45, 7) is 2.93. The number of hydrogen-bond acceptors (Lipinski definition) is 2. The van der Waals surface area contributed by atoms with Gasteiger partial charge in [0.25, 0.3) is 0 Å². The van der Waals surface area contributed by atoms with Crippen LogP contribution in [0.25, 0.3) is 0 Å². The monoisotopic (exact) mass is 205 g/mol. The molecule has 1 saturated heterocycles. The molecule has 0 aliphatic carbocycles. The Labute approximate surface area is 91.4 Å². The van der Waals surface area contributed by atoms with Crippen LogP contribution in [0.15, 0.2) is 30.3 Å². The molecule has 1 heterocycles. The Balaban J connectivity index is 1.71. The normalized spacial score (nSPS) is 26.3. The third kappa shape index (κ3) is 2.80. The number of hydrogen-bond donors (Lipinski definition) is 1. The Bertz CT molecular complexity index is 306. The second-order valence-electron chi connectivity index (χ2n) is 4.59. The standard InChI is InChI=1S/C13H19NO/c1-13(10-15-13)12(14)9-5-8-11-6-3-2-4-7-11/h2-4,6-7,12H,5,8-10,14H2,1H3/t12-,13?/m0/s1. The largest absolute Gasteiger partial charge is 0.368 e. The fourth-order valence-electron chi connectivity index (χ4n) is 1.80. The molecule has 0 amide bonds. The first kappa shape index (κ1) is 10.7. The number of ether oxygens (including phenoxy) is 1. The van der Waals surface area contributed by atoms with E-state index in [9.17, 15) is 0 Å². The zero-order valence-corrected chi connectivity index (χ0v) is 9.28. The summed E-state index contributed by atoms with van der Waals surface area (Å²) in [7, 11) is 0. The van der Waals surface area contributed by atoms with Gasteiger partial charge in [-0.3, -0.25) is 0 Å². The molecular formula is C13H19NO. The number of epoxide rings is 1. The second-order valence-corrected chi connectivity index (χ2v) is 4.59. The Hall–Kier alpha value is -0.860. The molecule has 1 unspecified atom stereocenters. The summed E-state index contributed by atoms with van der Waals surface area (Å²) in [4.78, 5) is 0. The van der Waals surface area contributed by atoms with Gasteiger partial charge in [-0.15, -0.1) is 0 Å². The second kappa shape index (κ2) is 4.33. The van der Waals surface area contributed by atoms with Gasteiger partial charge in [-0.25, -0.2) is 0 Å². The van der Waals surface area contributed by atoms with Gasteiger partial charge in [0.15, 0.2) is 0 Å². The van der Waals surface area contributed by atoms with Crippen molar-refractivity contribution in [3.8, 4) is 0 Å². The van der Waals surface area contributed by atoms with Gasteiger partial charge < -0.3 is 10.5 Å². The van der Waals surface area contributed by atoms with Crippen LogP contribution in [-0.2, 0) is 11.2 Å². The van der Waals surface area contributed by atoms with Crippen molar-refractivity contribution in [3.05, 3.63) is 35.9 Å². The highest BCUT2D eigenvalue weighted by molar-refractivity contribution is 5.14. The molecule has 2 N–H and O–H groups in total. The molecule has 2 atom stereocenters. The Morgan fingerprint density at radius 1 is 1.40 bits per heavy atom. The van der Waals surface area contributed by atoms with Crippen LogP contribution in [-0.4, -0.2) is 18.2 Å². The van der Waals surface area contributed by atoms with E-state index in [0.29, 0.717) is 0 Å². The van der Waals surface area contributed by atoms with Crippen LogP contribution < -0.4 is 5.73 Å². The van der Waals surface area contributed by atoms with Crippen LogP contribution in [0.5, 0.6) is 0 Å². The highest BCUT2D eigenvalue weighted by atomic mass is 16.6. The fraction of sp³-hybridized carbons (Fsp3) is 0.538. The summed E-state index contributed by atoms with van der Waals surface area (Å²) in [6.07, 6.45) is 3.31. The minimum Gasteiger partial charge on any atom is -0.368 e. The van der Waals surface area contributed by atoms with E-state index in [4.69, 9.17) is 10.5 Å². The van der Waals surface area contributed by atoms with Gasteiger partial charge in [0.2, 0.25) is 0 Å². The van der Waals surface area contributed by atoms with Gasteiger partial charge >= 0.3 is 0 Å². The van der Waals surface area contributed by atoms with Crippen LogP contribution in [0.4, 0.5) is 0 Å². The van der Waals surface area contributed by atoms with E-state index in [1.807, 2.05) is 6.07 Å². The Kier molecular flexibility index (Phi) is 3.08. The van der Waals surface area contributed by atoms with Gasteiger partial charge in [-0.1, -0.05) is 30.3 Å². The van der Waals surface area contributed by atoms with Gasteiger partial charge in [-0.2, -0.15) is 0 Å². The van der Waals surface area contributed by atoms with Crippen LogP contribution in [0, 0.1) is 0 Å². The van der Waals surface area contributed by atoms with Gasteiger partial charge in [0.1, 0.15) is 5.60 Å². The van der Waals surface area contributed by atoms with Crippen molar-refractivity contribution >= 4 is 0 Å². The molecule has 1 aromatic rings. The number of benzene rings is 1. The lowest BCUT2D eigenvalue weighted by Gasteiger charge is -2.15. The molecule has 1 aliphatic rings. The molecule has 1 aliphatic heterocycles. The molecule has 0 saturated carbocycles. The van der Waals surface area contributed by atoms with Crippen molar-refractivity contribution in [2.45, 2.75) is 37.8 Å². The van der Waals surface area contributed by atoms with E-state index in [1.165, 1.54) is 5.56 Å².